The average molecular weight is 100 g/mol. The van der Waals surface area contributed by atoms with E-state index in [1.165, 1.54) is 19.3 Å². The van der Waals surface area contributed by atoms with Gasteiger partial charge in [-0.1, -0.05) is 19.3 Å². The van der Waals surface area contributed by atoms with Crippen molar-refractivity contribution in [1.29, 1.82) is 0 Å². The van der Waals surface area contributed by atoms with Gasteiger partial charge in [0.25, 0.3) is 0 Å². The first-order valence-corrected chi connectivity index (χ1v) is 2.30. The Morgan fingerprint density at radius 3 is 1.14 bits per heavy atom. The third-order valence-corrected chi connectivity index (χ3v) is 0.409. The molecule has 0 saturated heterocycles. The molecule has 7 heavy (non-hydrogen) atoms. The number of carbonyl (C=O) groups excluding carboxylic acids is 2. The quantitative estimate of drug-likeness (QED) is 0.356. The molecule has 1 rings (SSSR count). The van der Waals surface area contributed by atoms with E-state index in [-0.39, 0.29) is 12.6 Å². The van der Waals surface area contributed by atoms with E-state index in [0.29, 0.717) is 0 Å². The van der Waals surface area contributed by atoms with Gasteiger partial charge in [0.15, 0.2) is 12.6 Å². The maximum atomic E-state index is 8.81. The zero-order valence-corrected chi connectivity index (χ0v) is 4.09. The van der Waals surface area contributed by atoms with E-state index in [2.05, 4.69) is 0 Å². The second-order valence-electron chi connectivity index (χ2n) is 1.33. The number of hydrogen-bond acceptors (Lipinski definition) is 2. The molecule has 0 N–H and O–H groups in total. The molecule has 0 heterocycles. The summed E-state index contributed by atoms with van der Waals surface area (Å²) in [6.07, 6.45) is 4.89. The molecule has 0 aliphatic heterocycles. The first-order chi connectivity index (χ1) is 3.41. The van der Waals surface area contributed by atoms with Gasteiger partial charge in [-0.15, -0.1) is 0 Å². The van der Waals surface area contributed by atoms with E-state index < -0.39 is 0 Å². The van der Waals surface area contributed by atoms with Crippen molar-refractivity contribution >= 4 is 12.6 Å². The smallest absolute Gasteiger partial charge is 0.182 e. The highest BCUT2D eigenvalue weighted by Crippen LogP contribution is 2.14. The summed E-state index contributed by atoms with van der Waals surface area (Å²) < 4.78 is 0. The summed E-state index contributed by atoms with van der Waals surface area (Å²) in [5.74, 6) is 0. The summed E-state index contributed by atoms with van der Waals surface area (Å²) in [6.45, 7) is 0. The van der Waals surface area contributed by atoms with Crippen molar-refractivity contribution in [3.63, 3.8) is 0 Å². The molecular formula is C5H8O2. The zero-order chi connectivity index (χ0) is 5.54. The predicted octanol–water partition coefficient (Wildman–Crippen LogP) is 0.554. The van der Waals surface area contributed by atoms with Crippen molar-refractivity contribution in [1.82, 2.24) is 0 Å². The van der Waals surface area contributed by atoms with Crippen LogP contribution in [0.5, 0.6) is 0 Å². The standard InChI is InChI=1S/C3H6.C2H2O2/c1-2-3-1;3-1-2-4/h1-3H2;1-2H. The third-order valence-electron chi connectivity index (χ3n) is 0.409. The summed E-state index contributed by atoms with van der Waals surface area (Å²) in [6, 6.07) is 0. The molecule has 0 unspecified atom stereocenters. The van der Waals surface area contributed by atoms with Gasteiger partial charge in [0.1, 0.15) is 0 Å². The number of carbonyl (C=O) groups is 2. The molecule has 1 aliphatic rings. The van der Waals surface area contributed by atoms with Gasteiger partial charge in [-0.25, -0.2) is 0 Å². The van der Waals surface area contributed by atoms with Gasteiger partial charge in [-0.2, -0.15) is 0 Å². The Morgan fingerprint density at radius 1 is 0.857 bits per heavy atom. The second-order valence-corrected chi connectivity index (χ2v) is 1.33. The molecule has 0 bridgehead atoms. The Balaban J connectivity index is 0.000000105. The van der Waals surface area contributed by atoms with Crippen LogP contribution in [0.2, 0.25) is 0 Å². The molecule has 1 aliphatic carbocycles. The lowest BCUT2D eigenvalue weighted by Crippen LogP contribution is -1.62. The van der Waals surface area contributed by atoms with Gasteiger partial charge in [-0.05, 0) is 0 Å². The fraction of sp³-hybridized carbons (Fsp3) is 0.600. The largest absolute Gasteiger partial charge is 0.295 e. The topological polar surface area (TPSA) is 34.1 Å². The maximum absolute atomic E-state index is 8.81. The molecule has 0 radical (unpaired) electrons. The lowest BCUT2D eigenvalue weighted by atomic mass is 10.9. The van der Waals surface area contributed by atoms with Crippen LogP contribution >= 0.6 is 0 Å². The molecule has 0 aromatic heterocycles. The van der Waals surface area contributed by atoms with Crippen LogP contribution in [0.4, 0.5) is 0 Å². The van der Waals surface area contributed by atoms with Crippen molar-refractivity contribution in [2.45, 2.75) is 19.3 Å². The highest BCUT2D eigenvalue weighted by Gasteiger charge is 1.95. The van der Waals surface area contributed by atoms with Crippen LogP contribution < -0.4 is 0 Å². The van der Waals surface area contributed by atoms with Gasteiger partial charge in [0.2, 0.25) is 0 Å². The molecule has 0 amide bonds. The number of hydrogen-bond donors (Lipinski definition) is 0. The minimum atomic E-state index is 0.194. The minimum absolute atomic E-state index is 0.194. The number of rotatable bonds is 1. The van der Waals surface area contributed by atoms with Gasteiger partial charge in [0, 0.05) is 0 Å². The lowest BCUT2D eigenvalue weighted by Gasteiger charge is -1.31. The van der Waals surface area contributed by atoms with Gasteiger partial charge in [0.05, 0.1) is 0 Å². The van der Waals surface area contributed by atoms with E-state index in [0.717, 1.165) is 0 Å². The summed E-state index contributed by atoms with van der Waals surface area (Å²) in [4.78, 5) is 17.6. The van der Waals surface area contributed by atoms with Crippen LogP contribution in [-0.4, -0.2) is 12.6 Å². The van der Waals surface area contributed by atoms with Gasteiger partial charge in [-0.3, -0.25) is 9.59 Å². The van der Waals surface area contributed by atoms with Crippen LogP contribution in [0.15, 0.2) is 0 Å². The predicted molar refractivity (Wildman–Crippen MR) is 26.0 cm³/mol. The van der Waals surface area contributed by atoms with Crippen molar-refractivity contribution < 1.29 is 9.59 Å². The van der Waals surface area contributed by atoms with E-state index in [9.17, 15) is 0 Å². The minimum Gasteiger partial charge on any atom is -0.295 e. The molecular weight excluding hydrogens is 92.1 g/mol. The van der Waals surface area contributed by atoms with Crippen molar-refractivity contribution in [2.24, 2.45) is 0 Å². The summed E-state index contributed by atoms with van der Waals surface area (Å²) >= 11 is 0. The molecule has 0 aromatic rings. The summed E-state index contributed by atoms with van der Waals surface area (Å²) in [7, 11) is 0. The normalized spacial score (nSPS) is 13.1. The third kappa shape index (κ3) is 33.2. The van der Waals surface area contributed by atoms with Crippen LogP contribution in [0, 0.1) is 0 Å². The van der Waals surface area contributed by atoms with Crippen LogP contribution in [0.25, 0.3) is 0 Å². The Morgan fingerprint density at radius 2 is 1.14 bits per heavy atom. The molecule has 2 nitrogen and oxygen atoms in total. The zero-order valence-electron chi connectivity index (χ0n) is 4.09. The van der Waals surface area contributed by atoms with E-state index >= 15 is 0 Å². The maximum Gasteiger partial charge on any atom is 0.182 e. The highest BCUT2D eigenvalue weighted by atomic mass is 16.2. The monoisotopic (exact) mass is 100 g/mol. The number of aldehydes is 2. The SMILES string of the molecule is C1CC1.O=CC=O. The highest BCUT2D eigenvalue weighted by molar-refractivity contribution is 6.09. The molecule has 1 fully saturated rings. The molecule has 0 atom stereocenters. The van der Waals surface area contributed by atoms with Crippen molar-refractivity contribution in [2.75, 3.05) is 0 Å². The molecule has 1 saturated carbocycles. The first-order valence-electron chi connectivity index (χ1n) is 2.30. The fourth-order valence-electron chi connectivity index (χ4n) is 0. The summed E-state index contributed by atoms with van der Waals surface area (Å²) in [5, 5.41) is 0. The fourth-order valence-corrected chi connectivity index (χ4v) is 0. The van der Waals surface area contributed by atoms with Gasteiger partial charge < -0.3 is 0 Å². The van der Waals surface area contributed by atoms with Crippen LogP contribution in [0.3, 0.4) is 0 Å². The van der Waals surface area contributed by atoms with Gasteiger partial charge >= 0.3 is 0 Å². The molecule has 0 spiro atoms. The van der Waals surface area contributed by atoms with Crippen molar-refractivity contribution in [3.05, 3.63) is 0 Å². The average Bonchev–Trinajstić information content (AvgIpc) is 2.47. The molecule has 40 valence electrons. The Labute approximate surface area is 42.5 Å². The van der Waals surface area contributed by atoms with Crippen LogP contribution in [0.1, 0.15) is 19.3 Å². The van der Waals surface area contributed by atoms with Crippen LogP contribution in [-0.2, 0) is 9.59 Å². The molecule has 0 aromatic carbocycles. The van der Waals surface area contributed by atoms with E-state index in [4.69, 9.17) is 9.59 Å². The Kier molecular flexibility index (Phi) is 4.84. The van der Waals surface area contributed by atoms with Crippen molar-refractivity contribution in [3.8, 4) is 0 Å². The van der Waals surface area contributed by atoms with E-state index in [1.807, 2.05) is 0 Å². The summed E-state index contributed by atoms with van der Waals surface area (Å²) in [5.41, 5.74) is 0. The molecule has 2 heteroatoms. The van der Waals surface area contributed by atoms with E-state index in [1.54, 1.807) is 0 Å². The Hall–Kier alpha value is -0.660. The second kappa shape index (κ2) is 5.34. The first kappa shape index (κ1) is 6.34. The lowest BCUT2D eigenvalue weighted by molar-refractivity contribution is -0.122. The Bertz CT molecular complexity index is 48.3.